The molecule has 5 aromatic rings. The van der Waals surface area contributed by atoms with Crippen LogP contribution in [0.3, 0.4) is 0 Å². The topological polar surface area (TPSA) is 72.3 Å². The van der Waals surface area contributed by atoms with E-state index in [1.54, 1.807) is 0 Å². The first-order chi connectivity index (χ1) is 17.8. The summed E-state index contributed by atoms with van der Waals surface area (Å²) in [5.41, 5.74) is 6.21. The molecule has 1 aromatic heterocycles. The second-order valence-corrected chi connectivity index (χ2v) is 8.41. The van der Waals surface area contributed by atoms with E-state index < -0.39 is 0 Å². The molecule has 6 rings (SSSR count). The Kier molecular flexibility index (Phi) is 5.90. The van der Waals surface area contributed by atoms with E-state index in [1.165, 1.54) is 0 Å². The Morgan fingerprint density at radius 2 is 1.25 bits per heavy atom. The lowest BCUT2D eigenvalue weighted by molar-refractivity contribution is 0.320. The second-order valence-electron chi connectivity index (χ2n) is 8.41. The van der Waals surface area contributed by atoms with Gasteiger partial charge in [0.05, 0.1) is 11.3 Å². The van der Waals surface area contributed by atoms with Crippen LogP contribution in [0.15, 0.2) is 120 Å². The van der Waals surface area contributed by atoms with Gasteiger partial charge in [0.15, 0.2) is 0 Å². The fourth-order valence-corrected chi connectivity index (χ4v) is 4.23. The van der Waals surface area contributed by atoms with Crippen LogP contribution in [-0.4, -0.2) is 27.7 Å². The van der Waals surface area contributed by atoms with Crippen LogP contribution in [0.25, 0.3) is 22.5 Å². The lowest BCUT2D eigenvalue weighted by Gasteiger charge is -2.13. The van der Waals surface area contributed by atoms with Gasteiger partial charge in [-0.05, 0) is 17.7 Å². The zero-order valence-corrected chi connectivity index (χ0v) is 19.5. The maximum atomic E-state index is 6.01. The van der Waals surface area contributed by atoms with Crippen LogP contribution < -0.4 is 5.32 Å². The number of aromatic nitrogens is 3. The number of rotatable bonds is 6. The lowest BCUT2D eigenvalue weighted by atomic mass is 10.0. The van der Waals surface area contributed by atoms with E-state index in [2.05, 4.69) is 27.6 Å². The Morgan fingerprint density at radius 3 is 1.97 bits per heavy atom. The van der Waals surface area contributed by atoms with Crippen molar-refractivity contribution in [1.82, 2.24) is 15.2 Å². The van der Waals surface area contributed by atoms with Gasteiger partial charge in [-0.1, -0.05) is 103 Å². The molecule has 1 N–H and O–H groups in total. The molecule has 1 aliphatic rings. The third kappa shape index (κ3) is 4.44. The SMILES string of the molecule is c1ccc(-c2nnc(Nc3ccccc3C3=N[C@@H](c4ccccc4)CO3)nc2-c2ccccc2)cc1. The van der Waals surface area contributed by atoms with Gasteiger partial charge in [0.1, 0.15) is 24.0 Å². The largest absolute Gasteiger partial charge is 0.475 e. The highest BCUT2D eigenvalue weighted by molar-refractivity contribution is 6.01. The number of nitrogens with one attached hydrogen (secondary N) is 1. The molecule has 2 heterocycles. The van der Waals surface area contributed by atoms with E-state index in [9.17, 15) is 0 Å². The minimum Gasteiger partial charge on any atom is -0.475 e. The van der Waals surface area contributed by atoms with Crippen LogP contribution in [-0.2, 0) is 4.74 Å². The van der Waals surface area contributed by atoms with Gasteiger partial charge in [-0.15, -0.1) is 10.2 Å². The number of hydrogen-bond acceptors (Lipinski definition) is 6. The molecule has 0 unspecified atom stereocenters. The molecule has 1 atom stereocenters. The van der Waals surface area contributed by atoms with Crippen LogP contribution in [0.2, 0.25) is 0 Å². The molecule has 6 nitrogen and oxygen atoms in total. The number of aliphatic imine (C=N–C) groups is 1. The number of hydrogen-bond donors (Lipinski definition) is 1. The molecule has 0 bridgehead atoms. The summed E-state index contributed by atoms with van der Waals surface area (Å²) in [6, 6.07) is 38.0. The first-order valence-electron chi connectivity index (χ1n) is 11.8. The number of para-hydroxylation sites is 1. The van der Waals surface area contributed by atoms with E-state index in [4.69, 9.17) is 14.7 Å². The van der Waals surface area contributed by atoms with Crippen molar-refractivity contribution in [2.45, 2.75) is 6.04 Å². The molecule has 0 saturated carbocycles. The van der Waals surface area contributed by atoms with E-state index >= 15 is 0 Å². The summed E-state index contributed by atoms with van der Waals surface area (Å²) in [7, 11) is 0. The maximum absolute atomic E-state index is 6.01. The summed E-state index contributed by atoms with van der Waals surface area (Å²) >= 11 is 0. The molecule has 0 aliphatic carbocycles. The Morgan fingerprint density at radius 1 is 0.639 bits per heavy atom. The van der Waals surface area contributed by atoms with Crippen molar-refractivity contribution in [3.63, 3.8) is 0 Å². The van der Waals surface area contributed by atoms with E-state index in [0.717, 1.165) is 39.3 Å². The van der Waals surface area contributed by atoms with E-state index in [-0.39, 0.29) is 6.04 Å². The Balaban J connectivity index is 1.35. The highest BCUT2D eigenvalue weighted by Crippen LogP contribution is 2.31. The van der Waals surface area contributed by atoms with Crippen LogP contribution in [0.1, 0.15) is 17.2 Å². The van der Waals surface area contributed by atoms with E-state index in [0.29, 0.717) is 18.5 Å². The molecule has 4 aromatic carbocycles. The molecular weight excluding hydrogens is 446 g/mol. The van der Waals surface area contributed by atoms with Gasteiger partial charge in [-0.3, -0.25) is 0 Å². The van der Waals surface area contributed by atoms with Crippen molar-refractivity contribution in [2.24, 2.45) is 4.99 Å². The van der Waals surface area contributed by atoms with Gasteiger partial charge in [-0.2, -0.15) is 0 Å². The van der Waals surface area contributed by atoms with Crippen LogP contribution in [0.5, 0.6) is 0 Å². The number of nitrogens with zero attached hydrogens (tertiary/aromatic N) is 4. The maximum Gasteiger partial charge on any atom is 0.247 e. The molecule has 0 fully saturated rings. The first kappa shape index (κ1) is 21.7. The van der Waals surface area contributed by atoms with Gasteiger partial charge >= 0.3 is 0 Å². The minimum atomic E-state index is -0.0259. The summed E-state index contributed by atoms with van der Waals surface area (Å²) in [5.74, 6) is 1.00. The number of benzene rings is 4. The van der Waals surface area contributed by atoms with Gasteiger partial charge in [-0.25, -0.2) is 9.98 Å². The van der Waals surface area contributed by atoms with Crippen molar-refractivity contribution >= 4 is 17.5 Å². The molecule has 36 heavy (non-hydrogen) atoms. The smallest absolute Gasteiger partial charge is 0.247 e. The Bertz CT molecular complexity index is 1500. The summed E-state index contributed by atoms with van der Waals surface area (Å²) in [5, 5.41) is 12.3. The molecule has 174 valence electrons. The average Bonchev–Trinajstić information content (AvgIpc) is 3.45. The Labute approximate surface area is 209 Å². The molecule has 0 spiro atoms. The van der Waals surface area contributed by atoms with Crippen molar-refractivity contribution < 1.29 is 4.74 Å². The minimum absolute atomic E-state index is 0.0259. The second kappa shape index (κ2) is 9.80. The van der Waals surface area contributed by atoms with Crippen LogP contribution in [0.4, 0.5) is 11.6 Å². The third-order valence-electron chi connectivity index (χ3n) is 6.02. The molecule has 0 radical (unpaired) electrons. The van der Waals surface area contributed by atoms with Gasteiger partial charge in [0, 0.05) is 11.1 Å². The molecule has 1 aliphatic heterocycles. The fraction of sp³-hybridized carbons (Fsp3) is 0.0667. The highest BCUT2D eigenvalue weighted by Gasteiger charge is 2.23. The predicted molar refractivity (Wildman–Crippen MR) is 142 cm³/mol. The van der Waals surface area contributed by atoms with Crippen molar-refractivity contribution in [3.8, 4) is 22.5 Å². The quantitative estimate of drug-likeness (QED) is 0.309. The Hall–Kier alpha value is -4.84. The van der Waals surface area contributed by atoms with Crippen molar-refractivity contribution in [1.29, 1.82) is 0 Å². The van der Waals surface area contributed by atoms with Crippen LogP contribution >= 0.6 is 0 Å². The van der Waals surface area contributed by atoms with Gasteiger partial charge in [0.2, 0.25) is 11.8 Å². The van der Waals surface area contributed by atoms with Gasteiger partial charge < -0.3 is 10.1 Å². The fourth-order valence-electron chi connectivity index (χ4n) is 4.23. The number of ether oxygens (including phenoxy) is 1. The summed E-state index contributed by atoms with van der Waals surface area (Å²) in [4.78, 5) is 9.73. The van der Waals surface area contributed by atoms with Crippen LogP contribution in [0, 0.1) is 0 Å². The highest BCUT2D eigenvalue weighted by atomic mass is 16.5. The predicted octanol–water partition coefficient (Wildman–Crippen LogP) is 6.47. The molecule has 6 heteroatoms. The van der Waals surface area contributed by atoms with Gasteiger partial charge in [0.25, 0.3) is 0 Å². The normalized spacial score (nSPS) is 14.7. The molecule has 0 amide bonds. The standard InChI is InChI=1S/C30H23N5O/c1-4-12-21(13-5-1)26-20-36-29(31-26)24-18-10-11-19-25(24)32-30-33-27(22-14-6-2-7-15-22)28(34-35-30)23-16-8-3-9-17-23/h1-19,26H,20H2,(H,32,33,35)/t26-/m1/s1. The zero-order chi connectivity index (χ0) is 24.2. The van der Waals surface area contributed by atoms with E-state index in [1.807, 2.05) is 103 Å². The van der Waals surface area contributed by atoms with Crippen molar-refractivity contribution in [3.05, 3.63) is 126 Å². The molecular formula is C30H23N5O. The lowest BCUT2D eigenvalue weighted by Crippen LogP contribution is -2.08. The average molecular weight is 470 g/mol. The van der Waals surface area contributed by atoms with Crippen molar-refractivity contribution in [2.75, 3.05) is 11.9 Å². The zero-order valence-electron chi connectivity index (χ0n) is 19.5. The summed E-state index contributed by atoms with van der Waals surface area (Å²) in [6.07, 6.45) is 0. The monoisotopic (exact) mass is 469 g/mol. The summed E-state index contributed by atoms with van der Waals surface area (Å²) in [6.45, 7) is 0.510. The third-order valence-corrected chi connectivity index (χ3v) is 6.02. The number of anilines is 2. The first-order valence-corrected chi connectivity index (χ1v) is 11.8. The molecule has 0 saturated heterocycles. The summed E-state index contributed by atoms with van der Waals surface area (Å²) < 4.78 is 6.01.